The lowest BCUT2D eigenvalue weighted by molar-refractivity contribution is -0.195. The molecule has 5 rings (SSSR count). The molecule has 0 aromatic rings. The maximum absolute atomic E-state index is 9.93. The summed E-state index contributed by atoms with van der Waals surface area (Å²) in [7, 11) is 0. The van der Waals surface area contributed by atoms with Crippen molar-refractivity contribution in [2.24, 2.45) is 34.5 Å². The van der Waals surface area contributed by atoms with Gasteiger partial charge in [-0.2, -0.15) is 0 Å². The largest absolute Gasteiger partial charge is 0.396 e. The van der Waals surface area contributed by atoms with E-state index in [1.165, 1.54) is 57.8 Å². The van der Waals surface area contributed by atoms with Crippen molar-refractivity contribution < 1.29 is 14.6 Å². The predicted octanol–water partition coefficient (Wildman–Crippen LogP) is 5.47. The summed E-state index contributed by atoms with van der Waals surface area (Å²) in [6, 6.07) is 0. The van der Waals surface area contributed by atoms with Crippen LogP contribution in [0.3, 0.4) is 0 Å². The number of allylic oxidation sites excluding steroid dienone is 1. The fourth-order valence-electron chi connectivity index (χ4n) is 8.19. The van der Waals surface area contributed by atoms with E-state index in [2.05, 4.69) is 19.9 Å². The number of ether oxygens (including phenoxy) is 2. The number of aliphatic hydroxyl groups is 1. The van der Waals surface area contributed by atoms with E-state index in [0.29, 0.717) is 29.5 Å². The van der Waals surface area contributed by atoms with E-state index < -0.39 is 0 Å². The Bertz CT molecular complexity index is 609. The number of fused-ring (bicyclic) bond motifs is 5. The van der Waals surface area contributed by atoms with Crippen molar-refractivity contribution in [3.05, 3.63) is 11.6 Å². The molecule has 0 amide bonds. The van der Waals surface area contributed by atoms with Crippen LogP contribution in [-0.2, 0) is 9.47 Å². The average molecular weight is 389 g/mol. The second-order valence-corrected chi connectivity index (χ2v) is 11.1. The second-order valence-electron chi connectivity index (χ2n) is 11.1. The molecule has 158 valence electrons. The zero-order valence-corrected chi connectivity index (χ0v) is 18.0. The van der Waals surface area contributed by atoms with E-state index in [4.69, 9.17) is 9.47 Å². The SMILES string of the molecule is C[C@]12CC[C@@H]3[C@H](CC=C4C[C@@H](O[C@@H]5CCCCO5)CC[C@@]43C)[C@H]1CC[C@H]2CO. The summed E-state index contributed by atoms with van der Waals surface area (Å²) in [5.41, 5.74) is 2.46. The van der Waals surface area contributed by atoms with Crippen LogP contribution in [0, 0.1) is 34.5 Å². The normalized spacial score (nSPS) is 51.0. The number of hydrogen-bond acceptors (Lipinski definition) is 3. The molecule has 8 atom stereocenters. The molecule has 3 saturated carbocycles. The smallest absolute Gasteiger partial charge is 0.157 e. The van der Waals surface area contributed by atoms with Gasteiger partial charge < -0.3 is 14.6 Å². The standard InChI is InChI=1S/C25H40O3/c1-24-12-10-19(28-23-5-3-4-14-27-23)15-17(24)6-8-20-21-9-7-18(16-26)25(21,2)13-11-22(20)24/h6,18-23,26H,3-5,7-16H2,1-2H3/t18-,19-,20+,21+,22+,23+,24-,25+/m0/s1. The van der Waals surface area contributed by atoms with Crippen LogP contribution in [0.15, 0.2) is 11.6 Å². The molecule has 0 spiro atoms. The van der Waals surface area contributed by atoms with Gasteiger partial charge in [-0.15, -0.1) is 0 Å². The Hall–Kier alpha value is -0.380. The van der Waals surface area contributed by atoms with Crippen molar-refractivity contribution in [2.45, 2.75) is 96.9 Å². The van der Waals surface area contributed by atoms with Crippen LogP contribution in [0.2, 0.25) is 0 Å². The molecule has 5 aliphatic rings. The summed E-state index contributed by atoms with van der Waals surface area (Å²) >= 11 is 0. The van der Waals surface area contributed by atoms with Crippen molar-refractivity contribution in [3.8, 4) is 0 Å². The van der Waals surface area contributed by atoms with E-state index in [0.717, 1.165) is 37.2 Å². The average Bonchev–Trinajstić information content (AvgIpc) is 3.05. The first kappa shape index (κ1) is 19.6. The highest BCUT2D eigenvalue weighted by Gasteiger charge is 2.58. The third kappa shape index (κ3) is 3.03. The summed E-state index contributed by atoms with van der Waals surface area (Å²) in [5.74, 6) is 3.04. The highest BCUT2D eigenvalue weighted by Crippen LogP contribution is 2.66. The second kappa shape index (κ2) is 7.39. The van der Waals surface area contributed by atoms with Crippen molar-refractivity contribution in [1.82, 2.24) is 0 Å². The number of aliphatic hydroxyl groups excluding tert-OH is 1. The highest BCUT2D eigenvalue weighted by molar-refractivity contribution is 5.25. The van der Waals surface area contributed by atoms with E-state index in [-0.39, 0.29) is 6.29 Å². The monoisotopic (exact) mass is 388 g/mol. The lowest BCUT2D eigenvalue weighted by Crippen LogP contribution is -2.51. The maximum Gasteiger partial charge on any atom is 0.157 e. The fourth-order valence-corrected chi connectivity index (χ4v) is 8.19. The molecule has 1 saturated heterocycles. The summed E-state index contributed by atoms with van der Waals surface area (Å²) < 4.78 is 12.2. The molecule has 1 N–H and O–H groups in total. The van der Waals surface area contributed by atoms with Gasteiger partial charge in [0.25, 0.3) is 0 Å². The quantitative estimate of drug-likeness (QED) is 0.652. The van der Waals surface area contributed by atoms with Gasteiger partial charge in [-0.25, -0.2) is 0 Å². The lowest BCUT2D eigenvalue weighted by atomic mass is 9.47. The molecule has 3 heteroatoms. The van der Waals surface area contributed by atoms with Crippen molar-refractivity contribution in [2.75, 3.05) is 13.2 Å². The van der Waals surface area contributed by atoms with Crippen LogP contribution in [0.25, 0.3) is 0 Å². The Balaban J connectivity index is 1.31. The van der Waals surface area contributed by atoms with E-state index in [1.807, 2.05) is 0 Å². The molecule has 1 heterocycles. The van der Waals surface area contributed by atoms with Gasteiger partial charge in [0.2, 0.25) is 0 Å². The van der Waals surface area contributed by atoms with E-state index in [1.54, 1.807) is 5.57 Å². The Kier molecular flexibility index (Phi) is 5.17. The molecule has 0 radical (unpaired) electrons. The molecular weight excluding hydrogens is 348 g/mol. The van der Waals surface area contributed by atoms with Crippen LogP contribution in [-0.4, -0.2) is 30.7 Å². The summed E-state index contributed by atoms with van der Waals surface area (Å²) in [6.07, 6.45) is 16.7. The predicted molar refractivity (Wildman–Crippen MR) is 111 cm³/mol. The van der Waals surface area contributed by atoms with Crippen LogP contribution in [0.4, 0.5) is 0 Å². The Morgan fingerprint density at radius 2 is 1.96 bits per heavy atom. The Morgan fingerprint density at radius 1 is 1.07 bits per heavy atom. The third-order valence-electron chi connectivity index (χ3n) is 9.96. The first-order valence-corrected chi connectivity index (χ1v) is 12.1. The van der Waals surface area contributed by atoms with Gasteiger partial charge in [0, 0.05) is 13.2 Å². The van der Waals surface area contributed by atoms with Gasteiger partial charge in [0.05, 0.1) is 6.10 Å². The van der Waals surface area contributed by atoms with Crippen LogP contribution < -0.4 is 0 Å². The highest BCUT2D eigenvalue weighted by atomic mass is 16.7. The van der Waals surface area contributed by atoms with Crippen molar-refractivity contribution in [3.63, 3.8) is 0 Å². The van der Waals surface area contributed by atoms with Gasteiger partial charge in [-0.05, 0) is 105 Å². The van der Waals surface area contributed by atoms with Gasteiger partial charge in [0.15, 0.2) is 6.29 Å². The van der Waals surface area contributed by atoms with Crippen LogP contribution in [0.5, 0.6) is 0 Å². The molecule has 0 aromatic heterocycles. The molecular formula is C25H40O3. The van der Waals surface area contributed by atoms with Gasteiger partial charge in [-0.3, -0.25) is 0 Å². The molecule has 0 aromatic carbocycles. The van der Waals surface area contributed by atoms with Crippen LogP contribution >= 0.6 is 0 Å². The zero-order chi connectivity index (χ0) is 19.4. The zero-order valence-electron chi connectivity index (χ0n) is 18.0. The molecule has 0 unspecified atom stereocenters. The molecule has 4 aliphatic carbocycles. The molecule has 4 fully saturated rings. The molecule has 3 nitrogen and oxygen atoms in total. The van der Waals surface area contributed by atoms with Gasteiger partial charge >= 0.3 is 0 Å². The Morgan fingerprint density at radius 3 is 2.75 bits per heavy atom. The first-order valence-electron chi connectivity index (χ1n) is 12.1. The Labute approximate surface area is 171 Å². The molecule has 28 heavy (non-hydrogen) atoms. The molecule has 1 aliphatic heterocycles. The van der Waals surface area contributed by atoms with E-state index in [9.17, 15) is 5.11 Å². The first-order chi connectivity index (χ1) is 13.5. The summed E-state index contributed by atoms with van der Waals surface area (Å²) in [5, 5.41) is 9.93. The summed E-state index contributed by atoms with van der Waals surface area (Å²) in [6.45, 7) is 6.34. The van der Waals surface area contributed by atoms with Crippen molar-refractivity contribution >= 4 is 0 Å². The minimum atomic E-state index is 0.0457. The third-order valence-corrected chi connectivity index (χ3v) is 9.96. The van der Waals surface area contributed by atoms with Gasteiger partial charge in [-0.1, -0.05) is 25.5 Å². The number of hydrogen-bond donors (Lipinski definition) is 1. The minimum absolute atomic E-state index is 0.0457. The van der Waals surface area contributed by atoms with E-state index >= 15 is 0 Å². The van der Waals surface area contributed by atoms with Gasteiger partial charge in [0.1, 0.15) is 0 Å². The summed E-state index contributed by atoms with van der Waals surface area (Å²) in [4.78, 5) is 0. The molecule has 0 bridgehead atoms. The van der Waals surface area contributed by atoms with Crippen molar-refractivity contribution in [1.29, 1.82) is 0 Å². The number of rotatable bonds is 3. The fraction of sp³-hybridized carbons (Fsp3) is 0.920. The van der Waals surface area contributed by atoms with Crippen LogP contribution in [0.1, 0.15) is 84.5 Å². The maximum atomic E-state index is 9.93. The lowest BCUT2D eigenvalue weighted by Gasteiger charge is -2.58. The minimum Gasteiger partial charge on any atom is -0.396 e. The topological polar surface area (TPSA) is 38.7 Å².